The highest BCUT2D eigenvalue weighted by Gasteiger charge is 2.43. The Kier molecular flexibility index (Phi) is 5.18. The predicted octanol–water partition coefficient (Wildman–Crippen LogP) is 5.06. The van der Waals surface area contributed by atoms with Gasteiger partial charge in [0, 0.05) is 0 Å². The summed E-state index contributed by atoms with van der Waals surface area (Å²) in [6, 6.07) is 1.81. The molecular weight excluding hydrogens is 335 g/mol. The normalized spacial score (nSPS) is 25.6. The minimum Gasteiger partial charge on any atom is -0.466 e. The molecule has 1 heterocycles. The van der Waals surface area contributed by atoms with Crippen molar-refractivity contribution in [3.63, 3.8) is 0 Å². The summed E-state index contributed by atoms with van der Waals surface area (Å²) in [6.45, 7) is 2.75. The van der Waals surface area contributed by atoms with Crippen molar-refractivity contribution in [2.24, 2.45) is 11.8 Å². The largest absolute Gasteiger partial charge is 0.466 e. The van der Waals surface area contributed by atoms with Crippen LogP contribution in [0.1, 0.15) is 44.4 Å². The SMILES string of the molecule is CCNC(c1occc1Br)C1CCC(C(F)(F)F)CC1. The van der Waals surface area contributed by atoms with Crippen LogP contribution in [-0.2, 0) is 0 Å². The maximum absolute atomic E-state index is 12.7. The van der Waals surface area contributed by atoms with E-state index in [1.807, 2.05) is 13.0 Å². The highest BCUT2D eigenvalue weighted by Crippen LogP contribution is 2.44. The average molecular weight is 354 g/mol. The second-order valence-electron chi connectivity index (χ2n) is 5.32. The fourth-order valence-electron chi connectivity index (χ4n) is 3.00. The van der Waals surface area contributed by atoms with E-state index in [1.54, 1.807) is 6.26 Å². The number of nitrogens with one attached hydrogen (secondary N) is 1. The molecule has 1 N–H and O–H groups in total. The van der Waals surface area contributed by atoms with E-state index in [0.29, 0.717) is 12.8 Å². The predicted molar refractivity (Wildman–Crippen MR) is 74.3 cm³/mol. The number of hydrogen-bond donors (Lipinski definition) is 1. The van der Waals surface area contributed by atoms with Gasteiger partial charge < -0.3 is 9.73 Å². The van der Waals surface area contributed by atoms with E-state index in [1.165, 1.54) is 0 Å². The lowest BCUT2D eigenvalue weighted by Crippen LogP contribution is -2.34. The summed E-state index contributed by atoms with van der Waals surface area (Å²) >= 11 is 3.43. The summed E-state index contributed by atoms with van der Waals surface area (Å²) in [5.74, 6) is -0.153. The molecule has 1 saturated carbocycles. The number of rotatable bonds is 4. The molecule has 0 aliphatic heterocycles. The molecule has 114 valence electrons. The molecule has 0 spiro atoms. The van der Waals surface area contributed by atoms with Crippen LogP contribution in [-0.4, -0.2) is 12.7 Å². The molecule has 0 bridgehead atoms. The molecule has 1 fully saturated rings. The molecule has 1 unspecified atom stereocenters. The topological polar surface area (TPSA) is 25.2 Å². The molecule has 0 saturated heterocycles. The molecule has 0 radical (unpaired) electrons. The highest BCUT2D eigenvalue weighted by molar-refractivity contribution is 9.10. The van der Waals surface area contributed by atoms with Crippen LogP contribution in [0.5, 0.6) is 0 Å². The standard InChI is InChI=1S/C14H19BrF3NO/c1-2-19-12(13-11(15)7-8-20-13)9-3-5-10(6-4-9)14(16,17)18/h7-10,12,19H,2-6H2,1H3. The Morgan fingerprint density at radius 2 is 2.00 bits per heavy atom. The zero-order valence-electron chi connectivity index (χ0n) is 11.3. The Morgan fingerprint density at radius 3 is 2.45 bits per heavy atom. The van der Waals surface area contributed by atoms with Crippen LogP contribution in [0, 0.1) is 11.8 Å². The van der Waals surface area contributed by atoms with E-state index in [2.05, 4.69) is 21.2 Å². The molecule has 1 aliphatic rings. The van der Waals surface area contributed by atoms with Gasteiger partial charge in [0.2, 0.25) is 0 Å². The highest BCUT2D eigenvalue weighted by atomic mass is 79.9. The van der Waals surface area contributed by atoms with Crippen LogP contribution in [0.3, 0.4) is 0 Å². The average Bonchev–Trinajstić information content (AvgIpc) is 2.81. The van der Waals surface area contributed by atoms with Gasteiger partial charge in [-0.15, -0.1) is 0 Å². The maximum Gasteiger partial charge on any atom is 0.391 e. The van der Waals surface area contributed by atoms with Crippen molar-refractivity contribution in [3.8, 4) is 0 Å². The maximum atomic E-state index is 12.7. The Balaban J connectivity index is 2.04. The molecule has 1 aromatic heterocycles. The minimum absolute atomic E-state index is 0.0152. The molecule has 1 aliphatic carbocycles. The Hall–Kier alpha value is -0.490. The quantitative estimate of drug-likeness (QED) is 0.818. The molecule has 20 heavy (non-hydrogen) atoms. The first kappa shape index (κ1) is 15.9. The van der Waals surface area contributed by atoms with Crippen molar-refractivity contribution in [1.82, 2.24) is 5.32 Å². The van der Waals surface area contributed by atoms with Gasteiger partial charge in [-0.3, -0.25) is 0 Å². The number of furan rings is 1. The van der Waals surface area contributed by atoms with Gasteiger partial charge in [-0.25, -0.2) is 0 Å². The van der Waals surface area contributed by atoms with Crippen LogP contribution in [0.4, 0.5) is 13.2 Å². The Morgan fingerprint density at radius 1 is 1.35 bits per heavy atom. The second kappa shape index (κ2) is 6.52. The molecular formula is C14H19BrF3NO. The lowest BCUT2D eigenvalue weighted by atomic mass is 9.77. The third-order valence-electron chi connectivity index (χ3n) is 4.06. The molecule has 2 nitrogen and oxygen atoms in total. The van der Waals surface area contributed by atoms with Crippen molar-refractivity contribution in [1.29, 1.82) is 0 Å². The van der Waals surface area contributed by atoms with Crippen molar-refractivity contribution in [3.05, 3.63) is 22.6 Å². The van der Waals surface area contributed by atoms with Crippen LogP contribution in [0.15, 0.2) is 21.2 Å². The third-order valence-corrected chi connectivity index (χ3v) is 4.71. The summed E-state index contributed by atoms with van der Waals surface area (Å²) in [7, 11) is 0. The van der Waals surface area contributed by atoms with Crippen LogP contribution < -0.4 is 5.32 Å². The molecule has 0 amide bonds. The summed E-state index contributed by atoms with van der Waals surface area (Å²) in [4.78, 5) is 0. The molecule has 0 aromatic carbocycles. The van der Waals surface area contributed by atoms with Gasteiger partial charge in [-0.1, -0.05) is 6.92 Å². The van der Waals surface area contributed by atoms with Crippen LogP contribution in [0.25, 0.3) is 0 Å². The lowest BCUT2D eigenvalue weighted by molar-refractivity contribution is -0.184. The van der Waals surface area contributed by atoms with Gasteiger partial charge in [-0.05, 0) is 60.1 Å². The summed E-state index contributed by atoms with van der Waals surface area (Å²) in [5.41, 5.74) is 0. The molecule has 6 heteroatoms. The lowest BCUT2D eigenvalue weighted by Gasteiger charge is -2.34. The van der Waals surface area contributed by atoms with Gasteiger partial charge in [-0.2, -0.15) is 13.2 Å². The fraction of sp³-hybridized carbons (Fsp3) is 0.714. The van der Waals surface area contributed by atoms with Gasteiger partial charge in [0.25, 0.3) is 0 Å². The van der Waals surface area contributed by atoms with Gasteiger partial charge in [0.05, 0.1) is 22.7 Å². The smallest absolute Gasteiger partial charge is 0.391 e. The van der Waals surface area contributed by atoms with Crippen molar-refractivity contribution in [2.75, 3.05) is 6.54 Å². The minimum atomic E-state index is -4.05. The first-order valence-electron chi connectivity index (χ1n) is 6.96. The zero-order valence-corrected chi connectivity index (χ0v) is 12.9. The molecule has 1 aromatic rings. The van der Waals surface area contributed by atoms with Crippen molar-refractivity contribution in [2.45, 2.75) is 44.8 Å². The number of alkyl halides is 3. The first-order chi connectivity index (χ1) is 9.43. The van der Waals surface area contributed by atoms with Crippen LogP contribution in [0.2, 0.25) is 0 Å². The zero-order chi connectivity index (χ0) is 14.8. The molecule has 2 rings (SSSR count). The fourth-order valence-corrected chi connectivity index (χ4v) is 3.45. The van der Waals surface area contributed by atoms with Gasteiger partial charge in [0.1, 0.15) is 5.76 Å². The summed E-state index contributed by atoms with van der Waals surface area (Å²) in [5, 5.41) is 3.34. The van der Waals surface area contributed by atoms with E-state index < -0.39 is 12.1 Å². The van der Waals surface area contributed by atoms with Gasteiger partial charge in [0.15, 0.2) is 0 Å². The number of hydrogen-bond acceptors (Lipinski definition) is 2. The van der Waals surface area contributed by atoms with Crippen molar-refractivity contribution >= 4 is 15.9 Å². The first-order valence-corrected chi connectivity index (χ1v) is 7.75. The van der Waals surface area contributed by atoms with E-state index in [9.17, 15) is 13.2 Å². The Bertz CT molecular complexity index is 424. The van der Waals surface area contributed by atoms with Crippen molar-refractivity contribution < 1.29 is 17.6 Å². The molecule has 1 atom stereocenters. The number of halogens is 4. The van der Waals surface area contributed by atoms with Crippen LogP contribution >= 0.6 is 15.9 Å². The van der Waals surface area contributed by atoms with Gasteiger partial charge >= 0.3 is 6.18 Å². The monoisotopic (exact) mass is 353 g/mol. The Labute approximate surface area is 125 Å². The summed E-state index contributed by atoms with van der Waals surface area (Å²) < 4.78 is 44.5. The van der Waals surface area contributed by atoms with E-state index in [-0.39, 0.29) is 24.8 Å². The van der Waals surface area contributed by atoms with E-state index >= 15 is 0 Å². The third kappa shape index (κ3) is 3.58. The second-order valence-corrected chi connectivity index (χ2v) is 6.18. The van der Waals surface area contributed by atoms with E-state index in [0.717, 1.165) is 16.8 Å². The summed E-state index contributed by atoms with van der Waals surface area (Å²) in [6.07, 6.45) is -0.859. The van der Waals surface area contributed by atoms with E-state index in [4.69, 9.17) is 4.42 Å².